The van der Waals surface area contributed by atoms with Gasteiger partial charge in [-0.2, -0.15) is 0 Å². The highest BCUT2D eigenvalue weighted by atomic mass is 16.5. The van der Waals surface area contributed by atoms with Crippen molar-refractivity contribution in [3.05, 3.63) is 48.6 Å². The van der Waals surface area contributed by atoms with Crippen LogP contribution in [0.4, 0.5) is 0 Å². The Bertz CT molecular complexity index is 717. The lowest BCUT2D eigenvalue weighted by molar-refractivity contribution is 0.00960. The largest absolute Gasteiger partial charge is 0.377 e. The Morgan fingerprint density at radius 3 is 2.64 bits per heavy atom. The second kappa shape index (κ2) is 6.84. The minimum atomic E-state index is -0.0325. The number of nitrogens with zero attached hydrogens (tertiary/aromatic N) is 5. The third-order valence-corrected chi connectivity index (χ3v) is 5.47. The van der Waals surface area contributed by atoms with Crippen LogP contribution in [-0.2, 0) is 11.2 Å². The van der Waals surface area contributed by atoms with Gasteiger partial charge in [0.15, 0.2) is 0 Å². The molecule has 0 aliphatic carbocycles. The van der Waals surface area contributed by atoms with E-state index in [1.165, 1.54) is 6.20 Å². The summed E-state index contributed by atoms with van der Waals surface area (Å²) in [6.45, 7) is 2.26. The standard InChI is InChI=1S/C18H21N5O2/c24-17(15-12-19-4-5-22-15)23-6-1-18(2-7-23)3-8-25-16(18)9-14-10-20-13-21-11-14/h4-5,10-13,16H,1-3,6-9H2/t16-/m1/s1. The van der Waals surface area contributed by atoms with Gasteiger partial charge in [-0.3, -0.25) is 9.78 Å². The SMILES string of the molecule is O=C(c1cnccn1)N1CCC2(CCO[C@@H]2Cc2cncnc2)CC1. The van der Waals surface area contributed by atoms with Gasteiger partial charge in [-0.15, -0.1) is 0 Å². The normalized spacial score (nSPS) is 22.2. The Morgan fingerprint density at radius 1 is 1.12 bits per heavy atom. The lowest BCUT2D eigenvalue weighted by Crippen LogP contribution is -2.47. The van der Waals surface area contributed by atoms with E-state index < -0.39 is 0 Å². The zero-order valence-electron chi connectivity index (χ0n) is 14.0. The maximum Gasteiger partial charge on any atom is 0.274 e. The Kier molecular flexibility index (Phi) is 4.40. The van der Waals surface area contributed by atoms with Crippen molar-refractivity contribution in [3.63, 3.8) is 0 Å². The van der Waals surface area contributed by atoms with Gasteiger partial charge in [0.1, 0.15) is 12.0 Å². The van der Waals surface area contributed by atoms with Crippen LogP contribution < -0.4 is 0 Å². The van der Waals surface area contributed by atoms with Crippen molar-refractivity contribution in [1.82, 2.24) is 24.8 Å². The van der Waals surface area contributed by atoms with Crippen LogP contribution >= 0.6 is 0 Å². The quantitative estimate of drug-likeness (QED) is 0.843. The predicted octanol–water partition coefficient (Wildman–Crippen LogP) is 1.52. The molecule has 0 saturated carbocycles. The Morgan fingerprint density at radius 2 is 1.92 bits per heavy atom. The third kappa shape index (κ3) is 3.24. The van der Waals surface area contributed by atoms with Gasteiger partial charge < -0.3 is 9.64 Å². The van der Waals surface area contributed by atoms with Crippen LogP contribution in [0.1, 0.15) is 35.3 Å². The lowest BCUT2D eigenvalue weighted by Gasteiger charge is -2.42. The van der Waals surface area contributed by atoms with Crippen LogP contribution in [0.25, 0.3) is 0 Å². The lowest BCUT2D eigenvalue weighted by atomic mass is 9.71. The monoisotopic (exact) mass is 339 g/mol. The van der Waals surface area contributed by atoms with Crippen molar-refractivity contribution in [2.75, 3.05) is 19.7 Å². The van der Waals surface area contributed by atoms with E-state index in [2.05, 4.69) is 19.9 Å². The fraction of sp³-hybridized carbons (Fsp3) is 0.500. The zero-order chi connectivity index (χ0) is 17.1. The van der Waals surface area contributed by atoms with Gasteiger partial charge in [0.25, 0.3) is 5.91 Å². The van der Waals surface area contributed by atoms with Crippen LogP contribution in [0.3, 0.4) is 0 Å². The van der Waals surface area contributed by atoms with Gasteiger partial charge in [-0.25, -0.2) is 15.0 Å². The molecule has 1 spiro atoms. The van der Waals surface area contributed by atoms with E-state index in [0.717, 1.165) is 50.9 Å². The van der Waals surface area contributed by atoms with E-state index >= 15 is 0 Å². The molecule has 7 heteroatoms. The van der Waals surface area contributed by atoms with E-state index in [9.17, 15) is 4.79 Å². The van der Waals surface area contributed by atoms with Gasteiger partial charge in [-0.05, 0) is 24.8 Å². The molecule has 1 amide bonds. The molecule has 0 N–H and O–H groups in total. The highest BCUT2D eigenvalue weighted by molar-refractivity contribution is 5.92. The fourth-order valence-electron chi connectivity index (χ4n) is 3.97. The number of rotatable bonds is 3. The van der Waals surface area contributed by atoms with E-state index in [0.29, 0.717) is 5.69 Å². The summed E-state index contributed by atoms with van der Waals surface area (Å²) in [6, 6.07) is 0. The molecule has 2 aliphatic rings. The Balaban J connectivity index is 1.42. The topological polar surface area (TPSA) is 81.1 Å². The molecule has 0 bridgehead atoms. The van der Waals surface area contributed by atoms with Gasteiger partial charge >= 0.3 is 0 Å². The average molecular weight is 339 g/mol. The first-order valence-electron chi connectivity index (χ1n) is 8.68. The average Bonchev–Trinajstić information content (AvgIpc) is 3.05. The van der Waals surface area contributed by atoms with Crippen molar-refractivity contribution < 1.29 is 9.53 Å². The molecule has 2 fully saturated rings. The Hall–Kier alpha value is -2.41. The number of piperidine rings is 1. The number of aromatic nitrogens is 4. The van der Waals surface area contributed by atoms with Crippen LogP contribution in [0.2, 0.25) is 0 Å². The minimum absolute atomic E-state index is 0.0325. The number of likely N-dealkylation sites (tertiary alicyclic amines) is 1. The van der Waals surface area contributed by atoms with Crippen molar-refractivity contribution in [2.45, 2.75) is 31.8 Å². The Labute approximate surface area is 146 Å². The van der Waals surface area contributed by atoms with Crippen molar-refractivity contribution in [1.29, 1.82) is 0 Å². The second-order valence-corrected chi connectivity index (χ2v) is 6.81. The predicted molar refractivity (Wildman–Crippen MR) is 89.7 cm³/mol. The van der Waals surface area contributed by atoms with Gasteiger partial charge in [0, 0.05) is 56.3 Å². The molecule has 4 heterocycles. The molecule has 1 atom stereocenters. The molecule has 25 heavy (non-hydrogen) atoms. The summed E-state index contributed by atoms with van der Waals surface area (Å²) in [7, 11) is 0. The molecule has 2 saturated heterocycles. The highest BCUT2D eigenvalue weighted by Gasteiger charge is 2.46. The summed E-state index contributed by atoms with van der Waals surface area (Å²) in [5.41, 5.74) is 1.67. The summed E-state index contributed by atoms with van der Waals surface area (Å²) >= 11 is 0. The first kappa shape index (κ1) is 16.1. The van der Waals surface area contributed by atoms with E-state index in [1.807, 2.05) is 17.3 Å². The molecular weight excluding hydrogens is 318 g/mol. The van der Waals surface area contributed by atoms with Crippen molar-refractivity contribution >= 4 is 5.91 Å². The smallest absolute Gasteiger partial charge is 0.274 e. The fourth-order valence-corrected chi connectivity index (χ4v) is 3.97. The molecule has 7 nitrogen and oxygen atoms in total. The first-order valence-corrected chi connectivity index (χ1v) is 8.68. The number of hydrogen-bond acceptors (Lipinski definition) is 6. The summed E-state index contributed by atoms with van der Waals surface area (Å²) in [5.74, 6) is -0.0325. The second-order valence-electron chi connectivity index (χ2n) is 6.81. The van der Waals surface area contributed by atoms with Crippen LogP contribution in [-0.4, -0.2) is 56.5 Å². The van der Waals surface area contributed by atoms with Crippen LogP contribution in [0.15, 0.2) is 37.3 Å². The summed E-state index contributed by atoms with van der Waals surface area (Å²) in [4.78, 5) is 30.7. The molecule has 0 aromatic carbocycles. The molecule has 2 aromatic heterocycles. The van der Waals surface area contributed by atoms with E-state index in [1.54, 1.807) is 18.7 Å². The van der Waals surface area contributed by atoms with E-state index in [4.69, 9.17) is 4.74 Å². The number of amides is 1. The number of carbonyl (C=O) groups excluding carboxylic acids is 1. The molecule has 0 radical (unpaired) electrons. The number of ether oxygens (including phenoxy) is 1. The third-order valence-electron chi connectivity index (χ3n) is 5.47. The van der Waals surface area contributed by atoms with E-state index in [-0.39, 0.29) is 17.4 Å². The maximum absolute atomic E-state index is 12.6. The summed E-state index contributed by atoms with van der Waals surface area (Å²) in [6.07, 6.45) is 13.9. The minimum Gasteiger partial charge on any atom is -0.377 e. The van der Waals surface area contributed by atoms with Gasteiger partial charge in [-0.1, -0.05) is 0 Å². The molecule has 130 valence electrons. The maximum atomic E-state index is 12.6. The summed E-state index contributed by atoms with van der Waals surface area (Å²) in [5, 5.41) is 0. The van der Waals surface area contributed by atoms with Crippen LogP contribution in [0, 0.1) is 5.41 Å². The molecule has 2 aliphatic heterocycles. The van der Waals surface area contributed by atoms with Gasteiger partial charge in [0.05, 0.1) is 12.3 Å². The van der Waals surface area contributed by atoms with Gasteiger partial charge in [0.2, 0.25) is 0 Å². The number of carbonyl (C=O) groups is 1. The molecular formula is C18H21N5O2. The first-order chi connectivity index (χ1) is 12.3. The zero-order valence-corrected chi connectivity index (χ0v) is 14.0. The highest BCUT2D eigenvalue weighted by Crippen LogP contribution is 2.45. The number of hydrogen-bond donors (Lipinski definition) is 0. The molecule has 0 unspecified atom stereocenters. The van der Waals surface area contributed by atoms with Crippen molar-refractivity contribution in [2.24, 2.45) is 5.41 Å². The van der Waals surface area contributed by atoms with Crippen LogP contribution in [0.5, 0.6) is 0 Å². The molecule has 2 aromatic rings. The summed E-state index contributed by atoms with van der Waals surface area (Å²) < 4.78 is 6.05. The van der Waals surface area contributed by atoms with Crippen molar-refractivity contribution in [3.8, 4) is 0 Å². The molecule has 4 rings (SSSR count).